The van der Waals surface area contributed by atoms with Crippen LogP contribution in [0.1, 0.15) is 13.8 Å². The second kappa shape index (κ2) is 6.23. The molecule has 158 valence electrons. The smallest absolute Gasteiger partial charge is 0.304 e. The quantitative estimate of drug-likeness (QED) is 0.334. The van der Waals surface area contributed by atoms with Crippen molar-refractivity contribution in [1.29, 1.82) is 0 Å². The second-order valence-electron chi connectivity index (χ2n) is 8.54. The van der Waals surface area contributed by atoms with E-state index in [1.54, 1.807) is 0 Å². The third kappa shape index (κ3) is 2.24. The number of allylic oxidation sites excluding steroid dienone is 2. The van der Waals surface area contributed by atoms with Gasteiger partial charge in [0.2, 0.25) is 23.6 Å². The lowest BCUT2D eigenvalue weighted by Gasteiger charge is -2.60. The van der Waals surface area contributed by atoms with Gasteiger partial charge in [0.25, 0.3) is 0 Å². The predicted molar refractivity (Wildman–Crippen MR) is 94.0 cm³/mol. The average Bonchev–Trinajstić information content (AvgIpc) is 3.03. The number of hydrogen-bond donors (Lipinski definition) is 0. The van der Waals surface area contributed by atoms with Crippen molar-refractivity contribution < 1.29 is 38.2 Å². The zero-order chi connectivity index (χ0) is 21.5. The van der Waals surface area contributed by atoms with Gasteiger partial charge in [0, 0.05) is 13.8 Å². The molecule has 10 nitrogen and oxygen atoms in total. The number of carbonyl (C=O) groups is 6. The third-order valence-corrected chi connectivity index (χ3v) is 7.32. The number of fused-ring (bicyclic) bond motifs is 1. The van der Waals surface area contributed by atoms with E-state index in [1.165, 1.54) is 13.8 Å². The van der Waals surface area contributed by atoms with Crippen LogP contribution >= 0.6 is 0 Å². The standard InChI is InChI=1S/C20H20N2O8/c1-7(23)29-5-21-17(25)13-9-3-4-10(14(13)18(21)26)12-11(9)15-16(12)20(28)22(19(15)27)6-30-8(2)24/h3-4,9-16H,5-6H2,1-2H3. The molecule has 4 aliphatic carbocycles. The first kappa shape index (κ1) is 19.0. The molecular weight excluding hydrogens is 396 g/mol. The zero-order valence-corrected chi connectivity index (χ0v) is 16.3. The summed E-state index contributed by atoms with van der Waals surface area (Å²) in [5.74, 6) is -6.23. The molecule has 0 radical (unpaired) electrons. The van der Waals surface area contributed by atoms with E-state index in [-0.39, 0.29) is 23.7 Å². The van der Waals surface area contributed by atoms with Crippen LogP contribution in [-0.4, -0.2) is 58.8 Å². The molecule has 0 aromatic rings. The monoisotopic (exact) mass is 416 g/mol. The fourth-order valence-corrected chi connectivity index (χ4v) is 6.29. The molecule has 4 amide bonds. The van der Waals surface area contributed by atoms with Gasteiger partial charge in [-0.3, -0.25) is 28.8 Å². The molecule has 2 heterocycles. The van der Waals surface area contributed by atoms with Crippen LogP contribution in [0.25, 0.3) is 0 Å². The minimum atomic E-state index is -0.615. The van der Waals surface area contributed by atoms with Crippen molar-refractivity contribution in [1.82, 2.24) is 9.80 Å². The molecule has 8 unspecified atom stereocenters. The lowest BCUT2D eigenvalue weighted by atomic mass is 9.40. The summed E-state index contributed by atoms with van der Waals surface area (Å²) in [5.41, 5.74) is 0. The topological polar surface area (TPSA) is 127 Å². The van der Waals surface area contributed by atoms with Crippen LogP contribution in [0.2, 0.25) is 0 Å². The van der Waals surface area contributed by atoms with Gasteiger partial charge in [-0.1, -0.05) is 12.2 Å². The molecule has 0 aromatic carbocycles. The van der Waals surface area contributed by atoms with Gasteiger partial charge in [-0.05, 0) is 23.7 Å². The van der Waals surface area contributed by atoms with Gasteiger partial charge < -0.3 is 9.47 Å². The van der Waals surface area contributed by atoms with Crippen molar-refractivity contribution in [2.45, 2.75) is 13.8 Å². The molecule has 4 fully saturated rings. The van der Waals surface area contributed by atoms with Crippen molar-refractivity contribution in [3.05, 3.63) is 12.2 Å². The van der Waals surface area contributed by atoms with Crippen LogP contribution in [0.15, 0.2) is 12.2 Å². The Balaban J connectivity index is 1.42. The van der Waals surface area contributed by atoms with E-state index >= 15 is 0 Å². The summed E-state index contributed by atoms with van der Waals surface area (Å²) < 4.78 is 9.73. The fourth-order valence-electron chi connectivity index (χ4n) is 6.29. The van der Waals surface area contributed by atoms with Gasteiger partial charge >= 0.3 is 11.9 Å². The van der Waals surface area contributed by atoms with Crippen LogP contribution in [0.5, 0.6) is 0 Å². The van der Waals surface area contributed by atoms with Crippen LogP contribution in [0, 0.1) is 47.3 Å². The fraction of sp³-hybridized carbons (Fsp3) is 0.600. The van der Waals surface area contributed by atoms with Crippen LogP contribution < -0.4 is 0 Å². The minimum Gasteiger partial charge on any atom is -0.444 e. The number of carbonyl (C=O) groups excluding carboxylic acids is 6. The summed E-state index contributed by atoms with van der Waals surface area (Å²) in [6.07, 6.45) is 3.77. The maximum atomic E-state index is 13.0. The minimum absolute atomic E-state index is 0.213. The highest BCUT2D eigenvalue weighted by Crippen LogP contribution is 2.68. The molecule has 10 heteroatoms. The molecule has 8 atom stereocenters. The number of amides is 4. The predicted octanol–water partition coefficient (Wildman–Crippen LogP) is -0.708. The van der Waals surface area contributed by atoms with Crippen LogP contribution in [-0.2, 0) is 38.2 Å². The highest BCUT2D eigenvalue weighted by atomic mass is 16.5. The van der Waals surface area contributed by atoms with Crippen molar-refractivity contribution in [3.63, 3.8) is 0 Å². The Morgan fingerprint density at radius 3 is 1.37 bits per heavy atom. The van der Waals surface area contributed by atoms with E-state index in [0.717, 1.165) is 9.80 Å². The summed E-state index contributed by atoms with van der Waals surface area (Å²) in [7, 11) is 0. The van der Waals surface area contributed by atoms with Gasteiger partial charge in [0.15, 0.2) is 13.5 Å². The number of hydrogen-bond acceptors (Lipinski definition) is 8. The Bertz CT molecular complexity index is 885. The Hall–Kier alpha value is -3.04. The third-order valence-electron chi connectivity index (χ3n) is 7.32. The molecule has 2 bridgehead atoms. The van der Waals surface area contributed by atoms with Crippen molar-refractivity contribution in [2.75, 3.05) is 13.5 Å². The molecule has 2 saturated carbocycles. The number of nitrogens with zero attached hydrogens (tertiary/aromatic N) is 2. The molecule has 2 aliphatic heterocycles. The van der Waals surface area contributed by atoms with E-state index in [2.05, 4.69) is 0 Å². The van der Waals surface area contributed by atoms with E-state index in [9.17, 15) is 28.8 Å². The first-order chi connectivity index (χ1) is 14.2. The number of rotatable bonds is 4. The van der Waals surface area contributed by atoms with Crippen LogP contribution in [0.4, 0.5) is 0 Å². The normalized spacial score (nSPS) is 40.2. The molecule has 0 N–H and O–H groups in total. The van der Waals surface area contributed by atoms with Crippen LogP contribution in [0.3, 0.4) is 0 Å². The molecule has 6 rings (SSSR count). The van der Waals surface area contributed by atoms with Crippen molar-refractivity contribution in [2.24, 2.45) is 47.3 Å². The Kier molecular flexibility index (Phi) is 3.93. The summed E-state index contributed by atoms with van der Waals surface area (Å²) in [6, 6.07) is 0. The summed E-state index contributed by atoms with van der Waals surface area (Å²) in [6.45, 7) is 1.56. The zero-order valence-electron chi connectivity index (χ0n) is 16.3. The highest BCUT2D eigenvalue weighted by molar-refractivity contribution is 6.09. The van der Waals surface area contributed by atoms with Gasteiger partial charge in [-0.25, -0.2) is 9.80 Å². The molecule has 30 heavy (non-hydrogen) atoms. The van der Waals surface area contributed by atoms with Gasteiger partial charge in [0.05, 0.1) is 23.7 Å². The number of ether oxygens (including phenoxy) is 2. The lowest BCUT2D eigenvalue weighted by molar-refractivity contribution is -0.166. The molecule has 6 aliphatic rings. The summed E-state index contributed by atoms with van der Waals surface area (Å²) >= 11 is 0. The van der Waals surface area contributed by atoms with Gasteiger partial charge in [0.1, 0.15) is 0 Å². The maximum Gasteiger partial charge on any atom is 0.304 e. The van der Waals surface area contributed by atoms with E-state index < -0.39 is 72.7 Å². The molecule has 2 saturated heterocycles. The van der Waals surface area contributed by atoms with Gasteiger partial charge in [-0.15, -0.1) is 0 Å². The SMILES string of the molecule is CC(=O)OCN1C(=O)C2C3C=CC(C2C1=O)C1C2C(=O)N(COC(C)=O)C(=O)C2C31. The number of imide groups is 2. The number of esters is 2. The first-order valence-corrected chi connectivity index (χ1v) is 9.89. The van der Waals surface area contributed by atoms with Crippen molar-refractivity contribution >= 4 is 35.6 Å². The maximum absolute atomic E-state index is 13.0. The summed E-state index contributed by atoms with van der Waals surface area (Å²) in [5, 5.41) is 0. The Morgan fingerprint density at radius 2 is 1.03 bits per heavy atom. The lowest BCUT2D eigenvalue weighted by Crippen LogP contribution is -2.63. The van der Waals surface area contributed by atoms with Crippen molar-refractivity contribution in [3.8, 4) is 0 Å². The average molecular weight is 416 g/mol. The molecule has 0 aromatic heterocycles. The molecular formula is C20H20N2O8. The summed E-state index contributed by atoms with van der Waals surface area (Å²) in [4.78, 5) is 75.8. The Morgan fingerprint density at radius 1 is 0.700 bits per heavy atom. The van der Waals surface area contributed by atoms with E-state index in [0.29, 0.717) is 0 Å². The van der Waals surface area contributed by atoms with Gasteiger partial charge in [-0.2, -0.15) is 0 Å². The molecule has 0 spiro atoms. The van der Waals surface area contributed by atoms with E-state index in [4.69, 9.17) is 9.47 Å². The first-order valence-electron chi connectivity index (χ1n) is 9.89. The number of likely N-dealkylation sites (tertiary alicyclic amines) is 2. The van der Waals surface area contributed by atoms with E-state index in [1.807, 2.05) is 12.2 Å². The Labute approximate surface area is 171 Å². The second-order valence-corrected chi connectivity index (χ2v) is 8.54. The largest absolute Gasteiger partial charge is 0.444 e. The highest BCUT2D eigenvalue weighted by Gasteiger charge is 2.75.